The number of anilines is 4. The Morgan fingerprint density at radius 2 is 1.66 bits per heavy atom. The highest BCUT2D eigenvalue weighted by Crippen LogP contribution is 2.33. The number of halogens is 1. The minimum atomic E-state index is -0.294. The molecule has 0 saturated heterocycles. The molecule has 0 unspecified atom stereocenters. The number of hydrogen-bond donors (Lipinski definition) is 3. The van der Waals surface area contributed by atoms with Gasteiger partial charge >= 0.3 is 0 Å². The summed E-state index contributed by atoms with van der Waals surface area (Å²) in [5.41, 5.74) is 6.35. The lowest BCUT2D eigenvalue weighted by atomic mass is 10.1. The number of nitrogens with zero attached hydrogens (tertiary/aromatic N) is 3. The number of nitrogens with one attached hydrogen (secondary N) is 3. The minimum Gasteiger partial charge on any atom is -0.339 e. The van der Waals surface area contributed by atoms with Crippen molar-refractivity contribution in [1.82, 2.24) is 20.2 Å². The molecule has 0 saturated carbocycles. The first-order valence-electron chi connectivity index (χ1n) is 10.2. The number of rotatable bonds is 5. The second-order valence-corrected chi connectivity index (χ2v) is 7.66. The molecule has 0 spiro atoms. The Morgan fingerprint density at radius 1 is 0.844 bits per heavy atom. The van der Waals surface area contributed by atoms with E-state index < -0.39 is 0 Å². The minimum absolute atomic E-state index is 0.294. The van der Waals surface area contributed by atoms with Gasteiger partial charge in [-0.25, -0.2) is 9.37 Å². The quantitative estimate of drug-likeness (QED) is 0.310. The molecule has 0 radical (unpaired) electrons. The molecule has 3 aromatic carbocycles. The van der Waals surface area contributed by atoms with Crippen LogP contribution < -0.4 is 10.6 Å². The van der Waals surface area contributed by atoms with E-state index in [4.69, 9.17) is 4.98 Å². The standard InChI is InChI=1S/C25H21FN6/c1-15-7-12-22(20(13-15)23-14-16(2)31-32-23)28-24-19-5-3-4-6-21(19)29-25(30-24)27-18-10-8-17(26)9-11-18/h3-14H,1-2H3,(H,31,32)(H2,27,28,29,30). The average Bonchev–Trinajstić information content (AvgIpc) is 3.23. The van der Waals surface area contributed by atoms with E-state index in [0.717, 1.165) is 39.1 Å². The van der Waals surface area contributed by atoms with Crippen LogP contribution in [0.25, 0.3) is 22.2 Å². The predicted octanol–water partition coefficient (Wildman–Crippen LogP) is 6.26. The van der Waals surface area contributed by atoms with Crippen molar-refractivity contribution in [2.45, 2.75) is 13.8 Å². The van der Waals surface area contributed by atoms with Gasteiger partial charge in [0.05, 0.1) is 11.2 Å². The van der Waals surface area contributed by atoms with Gasteiger partial charge in [-0.1, -0.05) is 23.8 Å². The predicted molar refractivity (Wildman–Crippen MR) is 126 cm³/mol. The number of aromatic nitrogens is 4. The zero-order valence-electron chi connectivity index (χ0n) is 17.6. The van der Waals surface area contributed by atoms with Gasteiger partial charge in [0.1, 0.15) is 11.6 Å². The van der Waals surface area contributed by atoms with Crippen LogP contribution in [0, 0.1) is 19.7 Å². The number of aryl methyl sites for hydroxylation is 2. The second-order valence-electron chi connectivity index (χ2n) is 7.66. The van der Waals surface area contributed by atoms with E-state index in [2.05, 4.69) is 38.8 Å². The molecule has 0 fully saturated rings. The number of benzene rings is 3. The zero-order valence-corrected chi connectivity index (χ0v) is 17.6. The molecule has 2 aromatic heterocycles. The fourth-order valence-corrected chi connectivity index (χ4v) is 3.55. The Bertz CT molecular complexity index is 1410. The van der Waals surface area contributed by atoms with Crippen LogP contribution >= 0.6 is 0 Å². The molecule has 5 aromatic rings. The van der Waals surface area contributed by atoms with Crippen molar-refractivity contribution in [1.29, 1.82) is 0 Å². The molecule has 0 amide bonds. The molecule has 7 heteroatoms. The summed E-state index contributed by atoms with van der Waals surface area (Å²) in [5, 5.41) is 15.0. The van der Waals surface area contributed by atoms with Crippen LogP contribution in [0.4, 0.5) is 27.5 Å². The van der Waals surface area contributed by atoms with Crippen LogP contribution in [0.3, 0.4) is 0 Å². The molecule has 0 aliphatic heterocycles. The molecule has 2 heterocycles. The number of para-hydroxylation sites is 1. The fourth-order valence-electron chi connectivity index (χ4n) is 3.55. The van der Waals surface area contributed by atoms with Crippen molar-refractivity contribution in [3.05, 3.63) is 89.9 Å². The molecule has 6 nitrogen and oxygen atoms in total. The van der Waals surface area contributed by atoms with Crippen molar-refractivity contribution in [3.8, 4) is 11.3 Å². The lowest BCUT2D eigenvalue weighted by Crippen LogP contribution is -2.03. The maximum Gasteiger partial charge on any atom is 0.229 e. The lowest BCUT2D eigenvalue weighted by molar-refractivity contribution is 0.628. The molecule has 0 aliphatic carbocycles. The summed E-state index contributed by atoms with van der Waals surface area (Å²) in [6.45, 7) is 4.03. The van der Waals surface area contributed by atoms with Gasteiger partial charge < -0.3 is 10.6 Å². The topological polar surface area (TPSA) is 78.5 Å². The highest BCUT2D eigenvalue weighted by Gasteiger charge is 2.13. The SMILES string of the molecule is Cc1ccc(Nc2nc(Nc3ccc(F)cc3)nc3ccccc23)c(-c2cc(C)[nH]n2)c1. The summed E-state index contributed by atoms with van der Waals surface area (Å²) in [6, 6.07) is 22.1. The highest BCUT2D eigenvalue weighted by molar-refractivity contribution is 5.93. The van der Waals surface area contributed by atoms with Crippen LogP contribution in [0.5, 0.6) is 0 Å². The Labute approximate surface area is 184 Å². The Hall–Kier alpha value is -4.26. The van der Waals surface area contributed by atoms with E-state index in [0.29, 0.717) is 17.5 Å². The largest absolute Gasteiger partial charge is 0.339 e. The smallest absolute Gasteiger partial charge is 0.229 e. The van der Waals surface area contributed by atoms with E-state index in [9.17, 15) is 4.39 Å². The van der Waals surface area contributed by atoms with Crippen molar-refractivity contribution < 1.29 is 4.39 Å². The molecular weight excluding hydrogens is 403 g/mol. The molecule has 0 atom stereocenters. The second kappa shape index (κ2) is 8.11. The first kappa shape index (κ1) is 19.7. The number of fused-ring (bicyclic) bond motifs is 1. The van der Waals surface area contributed by atoms with Crippen molar-refractivity contribution in [3.63, 3.8) is 0 Å². The summed E-state index contributed by atoms with van der Waals surface area (Å²) in [5.74, 6) is 0.789. The maximum atomic E-state index is 13.3. The van der Waals surface area contributed by atoms with Crippen LogP contribution in [0.1, 0.15) is 11.3 Å². The Kier molecular flexibility index (Phi) is 4.99. The van der Waals surface area contributed by atoms with Gasteiger partial charge in [-0.15, -0.1) is 0 Å². The number of hydrogen-bond acceptors (Lipinski definition) is 5. The van der Waals surface area contributed by atoms with Gasteiger partial charge in [0.2, 0.25) is 5.95 Å². The third-order valence-corrected chi connectivity index (χ3v) is 5.11. The van der Waals surface area contributed by atoms with Gasteiger partial charge in [0.25, 0.3) is 0 Å². The lowest BCUT2D eigenvalue weighted by Gasteiger charge is -2.14. The third kappa shape index (κ3) is 4.00. The zero-order chi connectivity index (χ0) is 22.1. The Balaban J connectivity index is 1.58. The third-order valence-electron chi connectivity index (χ3n) is 5.11. The summed E-state index contributed by atoms with van der Waals surface area (Å²) >= 11 is 0. The summed E-state index contributed by atoms with van der Waals surface area (Å²) in [7, 11) is 0. The van der Waals surface area contributed by atoms with E-state index in [1.807, 2.05) is 49.4 Å². The van der Waals surface area contributed by atoms with Gasteiger partial charge in [-0.2, -0.15) is 10.1 Å². The number of aromatic amines is 1. The molecule has 32 heavy (non-hydrogen) atoms. The fraction of sp³-hybridized carbons (Fsp3) is 0.0800. The first-order valence-corrected chi connectivity index (χ1v) is 10.2. The Morgan fingerprint density at radius 3 is 2.44 bits per heavy atom. The van der Waals surface area contributed by atoms with E-state index in [-0.39, 0.29) is 5.82 Å². The molecule has 158 valence electrons. The summed E-state index contributed by atoms with van der Waals surface area (Å²) in [6.07, 6.45) is 0. The number of H-pyrrole nitrogens is 1. The van der Waals surface area contributed by atoms with E-state index >= 15 is 0 Å². The molecular formula is C25H21FN6. The molecule has 0 aliphatic rings. The van der Waals surface area contributed by atoms with Crippen molar-refractivity contribution >= 4 is 34.0 Å². The van der Waals surface area contributed by atoms with E-state index in [1.165, 1.54) is 12.1 Å². The van der Waals surface area contributed by atoms with Crippen LogP contribution in [0.15, 0.2) is 72.8 Å². The first-order chi connectivity index (χ1) is 15.5. The van der Waals surface area contributed by atoms with Gasteiger partial charge in [0.15, 0.2) is 0 Å². The monoisotopic (exact) mass is 424 g/mol. The normalized spacial score (nSPS) is 11.0. The van der Waals surface area contributed by atoms with Crippen molar-refractivity contribution in [2.24, 2.45) is 0 Å². The van der Waals surface area contributed by atoms with E-state index in [1.54, 1.807) is 12.1 Å². The molecule has 0 bridgehead atoms. The summed E-state index contributed by atoms with van der Waals surface area (Å²) < 4.78 is 13.3. The van der Waals surface area contributed by atoms with Crippen LogP contribution in [-0.4, -0.2) is 20.2 Å². The highest BCUT2D eigenvalue weighted by atomic mass is 19.1. The van der Waals surface area contributed by atoms with Gasteiger partial charge in [-0.3, -0.25) is 5.10 Å². The van der Waals surface area contributed by atoms with Gasteiger partial charge in [0, 0.05) is 28.0 Å². The molecule has 5 rings (SSSR count). The summed E-state index contributed by atoms with van der Waals surface area (Å²) in [4.78, 5) is 9.34. The average molecular weight is 424 g/mol. The van der Waals surface area contributed by atoms with Crippen LogP contribution in [0.2, 0.25) is 0 Å². The molecule has 3 N–H and O–H groups in total. The van der Waals surface area contributed by atoms with Crippen LogP contribution in [-0.2, 0) is 0 Å². The maximum absolute atomic E-state index is 13.3. The van der Waals surface area contributed by atoms with Gasteiger partial charge in [-0.05, 0) is 68.4 Å². The van der Waals surface area contributed by atoms with Crippen molar-refractivity contribution in [2.75, 3.05) is 10.6 Å².